The SMILES string of the molecule is CC(=O)Oc1c(-c2ccc(NC(=O)c3cccc(Cl)c3)cc2)c(-c2ccccc2F)nn1-c1ccccc1C. The number of esters is 1. The Morgan fingerprint density at radius 2 is 1.64 bits per heavy atom. The van der Waals surface area contributed by atoms with Gasteiger partial charge in [-0.2, -0.15) is 9.78 Å². The number of carbonyl (C=O) groups is 2. The number of aryl methyl sites for hydroxylation is 1. The van der Waals surface area contributed by atoms with Crippen molar-refractivity contribution in [1.29, 1.82) is 0 Å². The number of anilines is 1. The van der Waals surface area contributed by atoms with Crippen molar-refractivity contribution >= 4 is 29.2 Å². The van der Waals surface area contributed by atoms with Gasteiger partial charge in [-0.05, 0) is 66.6 Å². The number of halogens is 2. The van der Waals surface area contributed by atoms with Gasteiger partial charge in [0.25, 0.3) is 5.91 Å². The van der Waals surface area contributed by atoms with Crippen molar-refractivity contribution in [2.24, 2.45) is 0 Å². The number of ether oxygens (including phenoxy) is 1. The topological polar surface area (TPSA) is 73.2 Å². The Morgan fingerprint density at radius 3 is 2.33 bits per heavy atom. The largest absolute Gasteiger partial charge is 0.407 e. The van der Waals surface area contributed by atoms with Crippen LogP contribution in [-0.2, 0) is 4.79 Å². The summed E-state index contributed by atoms with van der Waals surface area (Å²) in [5.74, 6) is -1.17. The van der Waals surface area contributed by atoms with Crippen molar-refractivity contribution in [1.82, 2.24) is 9.78 Å². The Labute approximate surface area is 229 Å². The third-order valence-electron chi connectivity index (χ3n) is 6.07. The summed E-state index contributed by atoms with van der Waals surface area (Å²) in [6, 6.07) is 27.4. The molecule has 0 fully saturated rings. The Kier molecular flexibility index (Phi) is 7.25. The second kappa shape index (κ2) is 10.9. The predicted molar refractivity (Wildman–Crippen MR) is 150 cm³/mol. The van der Waals surface area contributed by atoms with Gasteiger partial charge in [-0.3, -0.25) is 9.59 Å². The van der Waals surface area contributed by atoms with E-state index in [1.807, 2.05) is 31.2 Å². The molecule has 0 aliphatic heterocycles. The third kappa shape index (κ3) is 5.44. The van der Waals surface area contributed by atoms with Crippen LogP contribution in [0.5, 0.6) is 5.88 Å². The van der Waals surface area contributed by atoms with E-state index in [1.165, 1.54) is 17.7 Å². The molecule has 4 aromatic carbocycles. The zero-order valence-corrected chi connectivity index (χ0v) is 21.9. The Balaban J connectivity index is 1.63. The van der Waals surface area contributed by atoms with Crippen LogP contribution in [0.3, 0.4) is 0 Å². The fraction of sp³-hybridized carbons (Fsp3) is 0.0645. The molecule has 1 N–H and O–H groups in total. The molecule has 8 heteroatoms. The summed E-state index contributed by atoms with van der Waals surface area (Å²) in [5, 5.41) is 8.04. The monoisotopic (exact) mass is 539 g/mol. The van der Waals surface area contributed by atoms with Gasteiger partial charge in [0.15, 0.2) is 0 Å². The van der Waals surface area contributed by atoms with Crippen LogP contribution < -0.4 is 10.1 Å². The van der Waals surface area contributed by atoms with E-state index in [0.717, 1.165) is 5.56 Å². The molecule has 5 rings (SSSR count). The number of hydrogen-bond donors (Lipinski definition) is 1. The molecule has 0 atom stereocenters. The first-order chi connectivity index (χ1) is 18.8. The summed E-state index contributed by atoms with van der Waals surface area (Å²) < 4.78 is 22.3. The molecule has 0 saturated carbocycles. The number of rotatable bonds is 6. The van der Waals surface area contributed by atoms with Gasteiger partial charge in [0, 0.05) is 28.8 Å². The smallest absolute Gasteiger partial charge is 0.309 e. The van der Waals surface area contributed by atoms with Gasteiger partial charge in [0.2, 0.25) is 5.88 Å². The molecule has 0 spiro atoms. The fourth-order valence-electron chi connectivity index (χ4n) is 4.25. The maximum Gasteiger partial charge on any atom is 0.309 e. The molecule has 0 radical (unpaired) electrons. The van der Waals surface area contributed by atoms with Crippen molar-refractivity contribution in [2.45, 2.75) is 13.8 Å². The first-order valence-electron chi connectivity index (χ1n) is 12.1. The van der Waals surface area contributed by atoms with Crippen LogP contribution in [0.4, 0.5) is 10.1 Å². The number of benzene rings is 4. The average Bonchev–Trinajstić information content (AvgIpc) is 3.27. The van der Waals surface area contributed by atoms with Gasteiger partial charge in [0.05, 0.1) is 11.3 Å². The van der Waals surface area contributed by atoms with Crippen LogP contribution in [0, 0.1) is 12.7 Å². The second-order valence-electron chi connectivity index (χ2n) is 8.84. The molecule has 0 bridgehead atoms. The Bertz CT molecular complexity index is 1700. The molecule has 0 aliphatic rings. The third-order valence-corrected chi connectivity index (χ3v) is 6.31. The summed E-state index contributed by atoms with van der Waals surface area (Å²) in [5.41, 5.74) is 4.15. The minimum atomic E-state index is -0.545. The van der Waals surface area contributed by atoms with E-state index >= 15 is 4.39 Å². The molecule has 6 nitrogen and oxygen atoms in total. The van der Waals surface area contributed by atoms with Crippen molar-refractivity contribution in [2.75, 3.05) is 5.32 Å². The van der Waals surface area contributed by atoms with Gasteiger partial charge in [-0.1, -0.05) is 60.1 Å². The molecular formula is C31H23ClFN3O3. The number of carbonyl (C=O) groups excluding carboxylic acids is 2. The van der Waals surface area contributed by atoms with Gasteiger partial charge in [-0.15, -0.1) is 0 Å². The fourth-order valence-corrected chi connectivity index (χ4v) is 4.44. The molecule has 39 heavy (non-hydrogen) atoms. The molecule has 0 unspecified atom stereocenters. The van der Waals surface area contributed by atoms with E-state index in [0.29, 0.717) is 38.8 Å². The predicted octanol–water partition coefficient (Wildman–Crippen LogP) is 7.48. The molecule has 5 aromatic rings. The summed E-state index contributed by atoms with van der Waals surface area (Å²) in [7, 11) is 0. The highest BCUT2D eigenvalue weighted by atomic mass is 35.5. The lowest BCUT2D eigenvalue weighted by atomic mass is 10.0. The van der Waals surface area contributed by atoms with E-state index < -0.39 is 11.8 Å². The van der Waals surface area contributed by atoms with E-state index in [2.05, 4.69) is 5.32 Å². The summed E-state index contributed by atoms with van der Waals surface area (Å²) in [6.07, 6.45) is 0. The van der Waals surface area contributed by atoms with Crippen molar-refractivity contribution in [3.63, 3.8) is 0 Å². The Hall–Kier alpha value is -4.75. The number of amides is 1. The maximum absolute atomic E-state index is 15.0. The van der Waals surface area contributed by atoms with E-state index in [1.54, 1.807) is 66.7 Å². The van der Waals surface area contributed by atoms with E-state index in [9.17, 15) is 9.59 Å². The standard InChI is InChI=1S/C31H23ClFN3O3/c1-19-8-3-6-13-27(19)36-31(39-20(2)37)28(29(35-36)25-11-4-5-12-26(25)33)21-14-16-24(17-15-21)34-30(38)22-9-7-10-23(32)18-22/h3-18H,1-2H3,(H,34,38). The van der Waals surface area contributed by atoms with Crippen molar-refractivity contribution in [3.05, 3.63) is 119 Å². The molecule has 0 aliphatic carbocycles. The van der Waals surface area contributed by atoms with Crippen molar-refractivity contribution < 1.29 is 18.7 Å². The molecule has 194 valence electrons. The highest BCUT2D eigenvalue weighted by Gasteiger charge is 2.26. The van der Waals surface area contributed by atoms with Gasteiger partial charge >= 0.3 is 5.97 Å². The first kappa shape index (κ1) is 25.9. The highest BCUT2D eigenvalue weighted by Crippen LogP contribution is 2.42. The minimum Gasteiger partial charge on any atom is -0.407 e. The van der Waals surface area contributed by atoms with Crippen molar-refractivity contribution in [3.8, 4) is 34.0 Å². The summed E-state index contributed by atoms with van der Waals surface area (Å²) in [4.78, 5) is 24.9. The van der Waals surface area contributed by atoms with Gasteiger partial charge in [-0.25, -0.2) is 4.39 Å². The van der Waals surface area contributed by atoms with Crippen LogP contribution in [0.15, 0.2) is 97.1 Å². The molecule has 1 amide bonds. The van der Waals surface area contributed by atoms with Crippen LogP contribution >= 0.6 is 11.6 Å². The lowest BCUT2D eigenvalue weighted by Gasteiger charge is -2.12. The second-order valence-corrected chi connectivity index (χ2v) is 9.28. The first-order valence-corrected chi connectivity index (χ1v) is 12.5. The molecule has 1 aromatic heterocycles. The van der Waals surface area contributed by atoms with Crippen LogP contribution in [0.1, 0.15) is 22.8 Å². The van der Waals surface area contributed by atoms with Gasteiger partial charge in [0.1, 0.15) is 11.5 Å². The average molecular weight is 540 g/mol. The summed E-state index contributed by atoms with van der Waals surface area (Å²) >= 11 is 6.01. The van der Waals surface area contributed by atoms with Crippen LogP contribution in [0.2, 0.25) is 5.02 Å². The lowest BCUT2D eigenvalue weighted by Crippen LogP contribution is -2.11. The molecule has 0 saturated heterocycles. The zero-order valence-electron chi connectivity index (χ0n) is 21.1. The number of nitrogens with zero attached hydrogens (tertiary/aromatic N) is 2. The van der Waals surface area contributed by atoms with Gasteiger partial charge < -0.3 is 10.1 Å². The number of aromatic nitrogens is 2. The van der Waals surface area contributed by atoms with E-state index in [-0.39, 0.29) is 17.4 Å². The summed E-state index contributed by atoms with van der Waals surface area (Å²) in [6.45, 7) is 3.21. The molecular weight excluding hydrogens is 517 g/mol. The number of nitrogens with one attached hydrogen (secondary N) is 1. The number of para-hydroxylation sites is 1. The van der Waals surface area contributed by atoms with E-state index in [4.69, 9.17) is 21.4 Å². The number of hydrogen-bond acceptors (Lipinski definition) is 4. The molecule has 1 heterocycles. The minimum absolute atomic E-state index is 0.158. The van der Waals surface area contributed by atoms with Crippen LogP contribution in [0.25, 0.3) is 28.1 Å². The highest BCUT2D eigenvalue weighted by molar-refractivity contribution is 6.31. The zero-order chi connectivity index (χ0) is 27.5. The quantitative estimate of drug-likeness (QED) is 0.227. The lowest BCUT2D eigenvalue weighted by molar-refractivity contribution is -0.132. The van der Waals surface area contributed by atoms with Crippen LogP contribution in [-0.4, -0.2) is 21.7 Å². The normalized spacial score (nSPS) is 10.8. The maximum atomic E-state index is 15.0. The Morgan fingerprint density at radius 1 is 0.923 bits per heavy atom.